The van der Waals surface area contributed by atoms with Gasteiger partial charge in [0.25, 0.3) is 0 Å². The second kappa shape index (κ2) is 7.75. The van der Waals surface area contributed by atoms with Crippen LogP contribution >= 0.6 is 12.4 Å². The van der Waals surface area contributed by atoms with Gasteiger partial charge in [-0.3, -0.25) is 14.8 Å². The molecule has 2 aromatic heterocycles. The number of rotatable bonds is 5. The number of nitrogens with zero attached hydrogens (tertiary/aromatic N) is 4. The van der Waals surface area contributed by atoms with Crippen LogP contribution in [0.4, 0.5) is 10.6 Å². The zero-order valence-electron chi connectivity index (χ0n) is 16.0. The smallest absolute Gasteiger partial charge is 0.331 e. The summed E-state index contributed by atoms with van der Waals surface area (Å²) in [6.07, 6.45) is 4.91. The van der Waals surface area contributed by atoms with Gasteiger partial charge in [0, 0.05) is 6.54 Å². The Labute approximate surface area is 174 Å². The van der Waals surface area contributed by atoms with E-state index in [0.29, 0.717) is 30.6 Å². The number of aliphatic imine (C=N–C) groups is 1. The fourth-order valence-electron chi connectivity index (χ4n) is 3.86. The number of benzene rings is 1. The molecule has 0 aliphatic carbocycles. The van der Waals surface area contributed by atoms with Crippen LogP contribution in [0.15, 0.2) is 58.3 Å². The molecule has 0 saturated heterocycles. The van der Waals surface area contributed by atoms with Crippen molar-refractivity contribution in [1.82, 2.24) is 14.9 Å². The Kier molecular flexibility index (Phi) is 5.15. The van der Waals surface area contributed by atoms with Crippen molar-refractivity contribution in [3.05, 3.63) is 60.2 Å². The summed E-state index contributed by atoms with van der Waals surface area (Å²) in [6.45, 7) is 3.26. The summed E-state index contributed by atoms with van der Waals surface area (Å²) in [6, 6.07) is 12.1. The summed E-state index contributed by atoms with van der Waals surface area (Å²) >= 11 is 0. The summed E-state index contributed by atoms with van der Waals surface area (Å²) in [5.41, 5.74) is 2.88. The number of imidazole rings is 1. The van der Waals surface area contributed by atoms with Gasteiger partial charge in [-0.05, 0) is 24.5 Å². The van der Waals surface area contributed by atoms with Crippen LogP contribution in [0.5, 0.6) is 0 Å². The van der Waals surface area contributed by atoms with Crippen molar-refractivity contribution in [3.8, 4) is 11.4 Å². The lowest BCUT2D eigenvalue weighted by Crippen LogP contribution is -2.50. The summed E-state index contributed by atoms with van der Waals surface area (Å²) in [5.74, 6) is 2.03. The second-order valence-corrected chi connectivity index (χ2v) is 7.14. The first-order chi connectivity index (χ1) is 13.7. The molecule has 1 N–H and O–H groups in total. The van der Waals surface area contributed by atoms with Crippen LogP contribution in [0.3, 0.4) is 0 Å². The van der Waals surface area contributed by atoms with Crippen LogP contribution in [0.1, 0.15) is 24.6 Å². The van der Waals surface area contributed by atoms with Gasteiger partial charge in [-0.2, -0.15) is 0 Å². The fourth-order valence-corrected chi connectivity index (χ4v) is 3.86. The summed E-state index contributed by atoms with van der Waals surface area (Å²) in [7, 11) is 0. The number of hydrogen-bond acceptors (Lipinski definition) is 4. The summed E-state index contributed by atoms with van der Waals surface area (Å²) in [5, 5.41) is 0. The number of hydrogen-bond donors (Lipinski definition) is 1. The van der Waals surface area contributed by atoms with E-state index in [0.717, 1.165) is 24.1 Å². The monoisotopic (exact) mass is 411 g/mol. The minimum Gasteiger partial charge on any atom is -0.472 e. The molecule has 2 aliphatic rings. The highest BCUT2D eigenvalue weighted by Gasteiger charge is 2.42. The maximum Gasteiger partial charge on any atom is 0.331 e. The minimum atomic E-state index is -0.0473. The van der Waals surface area contributed by atoms with E-state index in [1.54, 1.807) is 22.3 Å². The van der Waals surface area contributed by atoms with Gasteiger partial charge in [0.15, 0.2) is 11.7 Å². The average Bonchev–Trinajstić information content (AvgIpc) is 3.44. The highest BCUT2D eigenvalue weighted by atomic mass is 35.5. The predicted octanol–water partition coefficient (Wildman–Crippen LogP) is 4.12. The predicted molar refractivity (Wildman–Crippen MR) is 114 cm³/mol. The Morgan fingerprint density at radius 1 is 1.24 bits per heavy atom. The van der Waals surface area contributed by atoms with E-state index in [-0.39, 0.29) is 24.5 Å². The largest absolute Gasteiger partial charge is 0.472 e. The highest BCUT2D eigenvalue weighted by molar-refractivity contribution is 6.18. The third kappa shape index (κ3) is 3.31. The number of carbonyl (C=O) groups excluding carboxylic acids is 1. The molecule has 7 nitrogen and oxygen atoms in total. The van der Waals surface area contributed by atoms with Crippen LogP contribution in [-0.4, -0.2) is 45.9 Å². The van der Waals surface area contributed by atoms with Gasteiger partial charge < -0.3 is 9.40 Å². The Bertz CT molecular complexity index is 1030. The molecule has 5 rings (SSSR count). The molecule has 4 heterocycles. The molecule has 1 atom stereocenters. The standard InChI is InChI=1S/C21H21N5O2.ClH/c1-2-9-25-20-17(23-18(24-20)15-8-10-28-13-15)19-22-16(12-26(19)21(25)27)11-14-6-4-3-5-7-14;/h3-8,10,13,16H,2,9,11-12H2,1H3,(H,23,24);1H/t16-;/m1./s1. The van der Waals surface area contributed by atoms with Crippen molar-refractivity contribution in [3.63, 3.8) is 0 Å². The Balaban J connectivity index is 0.00000205. The van der Waals surface area contributed by atoms with Gasteiger partial charge in [-0.25, -0.2) is 9.78 Å². The van der Waals surface area contributed by atoms with Crippen LogP contribution in [0, 0.1) is 0 Å². The molecule has 0 saturated carbocycles. The van der Waals surface area contributed by atoms with Gasteiger partial charge >= 0.3 is 6.03 Å². The van der Waals surface area contributed by atoms with Crippen LogP contribution in [0.2, 0.25) is 0 Å². The Hall–Kier alpha value is -3.06. The highest BCUT2D eigenvalue weighted by Crippen LogP contribution is 2.33. The number of urea groups is 1. The second-order valence-electron chi connectivity index (χ2n) is 7.14. The third-order valence-corrected chi connectivity index (χ3v) is 5.14. The van der Waals surface area contributed by atoms with Crippen molar-refractivity contribution in [2.45, 2.75) is 25.8 Å². The lowest BCUT2D eigenvalue weighted by molar-refractivity contribution is 0.226. The number of aromatic nitrogens is 2. The number of furan rings is 1. The number of carbonyl (C=O) groups is 1. The van der Waals surface area contributed by atoms with Crippen molar-refractivity contribution < 1.29 is 9.21 Å². The zero-order chi connectivity index (χ0) is 19.1. The molecule has 2 aliphatic heterocycles. The molecular weight excluding hydrogens is 390 g/mol. The number of amidine groups is 1. The fraction of sp³-hybridized carbons (Fsp3) is 0.286. The molecule has 0 bridgehead atoms. The first-order valence-corrected chi connectivity index (χ1v) is 9.58. The van der Waals surface area contributed by atoms with Crippen molar-refractivity contribution >= 4 is 30.1 Å². The topological polar surface area (TPSA) is 77.7 Å². The molecule has 150 valence electrons. The van der Waals surface area contributed by atoms with E-state index < -0.39 is 0 Å². The normalized spacial score (nSPS) is 17.6. The van der Waals surface area contributed by atoms with Crippen LogP contribution in [0.25, 0.3) is 11.4 Å². The SMILES string of the molecule is CCCN1C(=O)N2C[C@@H](Cc3ccccc3)N=C2c2[nH]c(-c3ccoc3)nc21.Cl. The average molecular weight is 412 g/mol. The number of fused-ring (bicyclic) bond motifs is 3. The molecule has 1 aromatic carbocycles. The quantitative estimate of drug-likeness (QED) is 0.686. The van der Waals surface area contributed by atoms with E-state index >= 15 is 0 Å². The van der Waals surface area contributed by atoms with Gasteiger partial charge in [-0.15, -0.1) is 12.4 Å². The first kappa shape index (κ1) is 19.3. The minimum absolute atomic E-state index is 0. The van der Waals surface area contributed by atoms with Gasteiger partial charge in [0.05, 0.1) is 24.4 Å². The molecule has 8 heteroatoms. The third-order valence-electron chi connectivity index (χ3n) is 5.14. The van der Waals surface area contributed by atoms with Gasteiger partial charge in [0.1, 0.15) is 17.8 Å². The van der Waals surface area contributed by atoms with Crippen molar-refractivity contribution in [2.24, 2.45) is 4.99 Å². The van der Waals surface area contributed by atoms with E-state index in [4.69, 9.17) is 14.4 Å². The van der Waals surface area contributed by atoms with Gasteiger partial charge in [0.2, 0.25) is 0 Å². The molecular formula is C21H22ClN5O2. The van der Waals surface area contributed by atoms with E-state index in [9.17, 15) is 4.79 Å². The molecule has 29 heavy (non-hydrogen) atoms. The number of nitrogens with one attached hydrogen (secondary N) is 1. The van der Waals surface area contributed by atoms with Crippen LogP contribution in [-0.2, 0) is 6.42 Å². The van der Waals surface area contributed by atoms with Crippen molar-refractivity contribution in [2.75, 3.05) is 18.0 Å². The number of anilines is 1. The van der Waals surface area contributed by atoms with E-state index in [1.165, 1.54) is 5.56 Å². The number of aromatic amines is 1. The van der Waals surface area contributed by atoms with Crippen molar-refractivity contribution in [1.29, 1.82) is 0 Å². The first-order valence-electron chi connectivity index (χ1n) is 9.58. The van der Waals surface area contributed by atoms with E-state index in [1.807, 2.05) is 24.3 Å². The number of amides is 2. The summed E-state index contributed by atoms with van der Waals surface area (Å²) in [4.78, 5) is 29.6. The van der Waals surface area contributed by atoms with Crippen LogP contribution < -0.4 is 4.90 Å². The lowest BCUT2D eigenvalue weighted by Gasteiger charge is -2.32. The molecule has 0 fully saturated rings. The van der Waals surface area contributed by atoms with E-state index in [2.05, 4.69) is 24.0 Å². The van der Waals surface area contributed by atoms with Gasteiger partial charge in [-0.1, -0.05) is 37.3 Å². The Morgan fingerprint density at radius 3 is 2.79 bits per heavy atom. The summed E-state index contributed by atoms with van der Waals surface area (Å²) < 4.78 is 5.19. The zero-order valence-corrected chi connectivity index (χ0v) is 16.9. The molecule has 3 aromatic rings. The maximum atomic E-state index is 13.2. The molecule has 0 radical (unpaired) electrons. The number of halogens is 1. The molecule has 0 spiro atoms. The Morgan fingerprint density at radius 2 is 2.07 bits per heavy atom. The lowest BCUT2D eigenvalue weighted by atomic mass is 10.1. The number of H-pyrrole nitrogens is 1. The maximum absolute atomic E-state index is 13.2. The molecule has 2 amide bonds. The molecule has 0 unspecified atom stereocenters.